The first-order valence-electron chi connectivity index (χ1n) is 10.8. The summed E-state index contributed by atoms with van der Waals surface area (Å²) in [4.78, 5) is 32.2. The standard InChI is InChI=1S/C26H24FN3O3S/c1-33-22-13-7-18(8-14-22)15-16-30-24(31)17-23(25(32)28-20-5-3-2-4-6-20)34-26(30)29-21-11-9-19(27)10-12-21/h2-14,23H,15-17H2,1H3,(H,28,32). The monoisotopic (exact) mass is 477 g/mol. The molecule has 0 bridgehead atoms. The molecule has 0 radical (unpaired) electrons. The van der Waals surface area contributed by atoms with E-state index in [0.29, 0.717) is 29.5 Å². The van der Waals surface area contributed by atoms with Crippen molar-refractivity contribution in [3.8, 4) is 5.75 Å². The molecule has 0 spiro atoms. The lowest BCUT2D eigenvalue weighted by molar-refractivity contribution is -0.129. The Kier molecular flexibility index (Phi) is 7.59. The predicted octanol–water partition coefficient (Wildman–Crippen LogP) is 5.04. The maximum atomic E-state index is 13.4. The number of hydrogen-bond acceptors (Lipinski definition) is 5. The van der Waals surface area contributed by atoms with E-state index in [1.807, 2.05) is 42.5 Å². The highest BCUT2D eigenvalue weighted by Crippen LogP contribution is 2.30. The van der Waals surface area contributed by atoms with Crippen LogP contribution in [-0.2, 0) is 16.0 Å². The SMILES string of the molecule is COc1ccc(CCN2C(=O)CC(C(=O)Nc3ccccc3)SC2=Nc2ccc(F)cc2)cc1. The average Bonchev–Trinajstić information content (AvgIpc) is 2.85. The fourth-order valence-corrected chi connectivity index (χ4v) is 4.59. The zero-order valence-corrected chi connectivity index (χ0v) is 19.4. The predicted molar refractivity (Wildman–Crippen MR) is 133 cm³/mol. The Balaban J connectivity index is 1.53. The van der Waals surface area contributed by atoms with Crippen molar-refractivity contribution in [3.05, 3.63) is 90.2 Å². The molecular formula is C26H24FN3O3S. The summed E-state index contributed by atoms with van der Waals surface area (Å²) in [6.45, 7) is 0.408. The molecule has 1 atom stereocenters. The van der Waals surface area contributed by atoms with Gasteiger partial charge in [0.2, 0.25) is 11.8 Å². The topological polar surface area (TPSA) is 71.0 Å². The van der Waals surface area contributed by atoms with Crippen molar-refractivity contribution in [3.63, 3.8) is 0 Å². The van der Waals surface area contributed by atoms with E-state index in [2.05, 4.69) is 10.3 Å². The van der Waals surface area contributed by atoms with Crippen LogP contribution in [0.4, 0.5) is 15.8 Å². The Hall–Kier alpha value is -3.65. The molecule has 1 fully saturated rings. The third-order valence-corrected chi connectivity index (χ3v) is 6.50. The van der Waals surface area contributed by atoms with Crippen LogP contribution in [-0.4, -0.2) is 40.8 Å². The van der Waals surface area contributed by atoms with Crippen LogP contribution in [0.1, 0.15) is 12.0 Å². The van der Waals surface area contributed by atoms with Crippen LogP contribution >= 0.6 is 11.8 Å². The van der Waals surface area contributed by atoms with Crippen molar-refractivity contribution in [2.24, 2.45) is 4.99 Å². The largest absolute Gasteiger partial charge is 0.497 e. The molecule has 0 aromatic heterocycles. The molecule has 0 saturated carbocycles. The third kappa shape index (κ3) is 6.02. The number of ether oxygens (including phenoxy) is 1. The number of thioether (sulfide) groups is 1. The van der Waals surface area contributed by atoms with Crippen molar-refractivity contribution in [1.82, 2.24) is 4.90 Å². The number of rotatable bonds is 7. The summed E-state index contributed by atoms with van der Waals surface area (Å²) >= 11 is 1.24. The van der Waals surface area contributed by atoms with E-state index >= 15 is 0 Å². The molecule has 2 amide bonds. The molecule has 6 nitrogen and oxygen atoms in total. The number of amides is 2. The van der Waals surface area contributed by atoms with E-state index in [0.717, 1.165) is 11.3 Å². The number of methoxy groups -OCH3 is 1. The van der Waals surface area contributed by atoms with Crippen molar-refractivity contribution in [2.75, 3.05) is 19.0 Å². The van der Waals surface area contributed by atoms with Crippen LogP contribution in [0.3, 0.4) is 0 Å². The molecule has 8 heteroatoms. The summed E-state index contributed by atoms with van der Waals surface area (Å²) in [6.07, 6.45) is 0.675. The molecule has 1 aliphatic rings. The molecule has 1 aliphatic heterocycles. The second-order valence-electron chi connectivity index (χ2n) is 7.68. The molecule has 0 aliphatic carbocycles. The van der Waals surface area contributed by atoms with Gasteiger partial charge in [-0.2, -0.15) is 0 Å². The number of anilines is 1. The number of halogens is 1. The number of carbonyl (C=O) groups is 2. The Morgan fingerprint density at radius 2 is 1.79 bits per heavy atom. The Labute approximate surface area is 201 Å². The van der Waals surface area contributed by atoms with Gasteiger partial charge in [-0.25, -0.2) is 9.38 Å². The number of nitrogens with zero attached hydrogens (tertiary/aromatic N) is 2. The third-order valence-electron chi connectivity index (χ3n) is 5.31. The first-order chi connectivity index (χ1) is 16.5. The minimum Gasteiger partial charge on any atom is -0.497 e. The van der Waals surface area contributed by atoms with Crippen molar-refractivity contribution in [1.29, 1.82) is 0 Å². The van der Waals surface area contributed by atoms with Crippen LogP contribution in [0.5, 0.6) is 5.75 Å². The first kappa shape index (κ1) is 23.5. The lowest BCUT2D eigenvalue weighted by Gasteiger charge is -2.32. The van der Waals surface area contributed by atoms with Gasteiger partial charge in [-0.1, -0.05) is 42.1 Å². The molecule has 1 N–H and O–H groups in total. The maximum Gasteiger partial charge on any atom is 0.238 e. The number of carbonyl (C=O) groups excluding carboxylic acids is 2. The number of nitrogens with one attached hydrogen (secondary N) is 1. The molecule has 4 rings (SSSR count). The smallest absolute Gasteiger partial charge is 0.238 e. The van der Waals surface area contributed by atoms with Gasteiger partial charge in [-0.05, 0) is 60.5 Å². The maximum absolute atomic E-state index is 13.4. The highest BCUT2D eigenvalue weighted by Gasteiger charge is 2.35. The first-order valence-corrected chi connectivity index (χ1v) is 11.7. The zero-order chi connectivity index (χ0) is 23.9. The Bertz CT molecular complexity index is 1170. The van der Waals surface area contributed by atoms with E-state index < -0.39 is 5.25 Å². The fourth-order valence-electron chi connectivity index (χ4n) is 3.46. The summed E-state index contributed by atoms with van der Waals surface area (Å²) < 4.78 is 18.6. The van der Waals surface area contributed by atoms with Crippen LogP contribution < -0.4 is 10.1 Å². The number of hydrogen-bond donors (Lipinski definition) is 1. The van der Waals surface area contributed by atoms with E-state index in [1.54, 1.807) is 36.3 Å². The average molecular weight is 478 g/mol. The van der Waals surface area contributed by atoms with Crippen LogP contribution in [0.2, 0.25) is 0 Å². The molecule has 3 aromatic carbocycles. The number of benzene rings is 3. The number of para-hydroxylation sites is 1. The van der Waals surface area contributed by atoms with Crippen molar-refractivity contribution >= 4 is 40.1 Å². The second kappa shape index (κ2) is 11.0. The minimum absolute atomic E-state index is 0.0639. The van der Waals surface area contributed by atoms with E-state index in [4.69, 9.17) is 4.74 Å². The van der Waals surface area contributed by atoms with Crippen LogP contribution in [0.15, 0.2) is 83.9 Å². The molecule has 1 saturated heterocycles. The van der Waals surface area contributed by atoms with Gasteiger partial charge >= 0.3 is 0 Å². The normalized spacial score (nSPS) is 17.0. The van der Waals surface area contributed by atoms with Gasteiger partial charge in [0.25, 0.3) is 0 Å². The summed E-state index contributed by atoms with van der Waals surface area (Å²) in [7, 11) is 1.61. The molecule has 1 unspecified atom stereocenters. The molecular weight excluding hydrogens is 453 g/mol. The molecule has 34 heavy (non-hydrogen) atoms. The van der Waals surface area contributed by atoms with Gasteiger partial charge in [0.05, 0.1) is 12.8 Å². The Morgan fingerprint density at radius 3 is 2.47 bits per heavy atom. The van der Waals surface area contributed by atoms with Gasteiger partial charge in [0.1, 0.15) is 16.8 Å². The minimum atomic E-state index is -0.621. The van der Waals surface area contributed by atoms with Gasteiger partial charge in [-0.3, -0.25) is 14.5 Å². The van der Waals surface area contributed by atoms with Gasteiger partial charge in [-0.15, -0.1) is 0 Å². The van der Waals surface area contributed by atoms with E-state index in [9.17, 15) is 14.0 Å². The van der Waals surface area contributed by atoms with Crippen LogP contribution in [0, 0.1) is 5.82 Å². The lowest BCUT2D eigenvalue weighted by Crippen LogP contribution is -2.46. The summed E-state index contributed by atoms with van der Waals surface area (Å²) in [6, 6.07) is 22.5. The van der Waals surface area contributed by atoms with Gasteiger partial charge in [0.15, 0.2) is 5.17 Å². The van der Waals surface area contributed by atoms with Crippen molar-refractivity contribution in [2.45, 2.75) is 18.1 Å². The highest BCUT2D eigenvalue weighted by molar-refractivity contribution is 8.15. The lowest BCUT2D eigenvalue weighted by atomic mass is 10.1. The van der Waals surface area contributed by atoms with Crippen LogP contribution in [0.25, 0.3) is 0 Å². The summed E-state index contributed by atoms with van der Waals surface area (Å²) in [5.41, 5.74) is 2.22. The zero-order valence-electron chi connectivity index (χ0n) is 18.6. The summed E-state index contributed by atoms with van der Waals surface area (Å²) in [5, 5.41) is 2.66. The number of aliphatic imine (C=N–C) groups is 1. The fraction of sp³-hybridized carbons (Fsp3) is 0.192. The summed E-state index contributed by atoms with van der Waals surface area (Å²) in [5.74, 6) is -0.0421. The van der Waals surface area contributed by atoms with Crippen molar-refractivity contribution < 1.29 is 18.7 Å². The van der Waals surface area contributed by atoms with Gasteiger partial charge < -0.3 is 10.1 Å². The second-order valence-corrected chi connectivity index (χ2v) is 8.85. The molecule has 1 heterocycles. The van der Waals surface area contributed by atoms with Gasteiger partial charge in [0, 0.05) is 18.7 Å². The highest BCUT2D eigenvalue weighted by atomic mass is 32.2. The number of amidine groups is 1. The quantitative estimate of drug-likeness (QED) is 0.518. The molecule has 174 valence electrons. The Morgan fingerprint density at radius 1 is 1.09 bits per heavy atom. The van der Waals surface area contributed by atoms with E-state index in [1.165, 1.54) is 23.9 Å². The van der Waals surface area contributed by atoms with E-state index in [-0.39, 0.29) is 24.1 Å². The molecule has 3 aromatic rings.